The summed E-state index contributed by atoms with van der Waals surface area (Å²) >= 11 is 5.85. The summed E-state index contributed by atoms with van der Waals surface area (Å²) in [5.74, 6) is -0.736. The van der Waals surface area contributed by atoms with Crippen molar-refractivity contribution in [2.75, 3.05) is 0 Å². The molecule has 108 valence electrons. The lowest BCUT2D eigenvalue weighted by atomic mass is 9.91. The van der Waals surface area contributed by atoms with Crippen LogP contribution in [-0.4, -0.2) is 11.1 Å². The lowest BCUT2D eigenvalue weighted by molar-refractivity contribution is -0.137. The summed E-state index contributed by atoms with van der Waals surface area (Å²) in [4.78, 5) is 10.4. The molecule has 0 saturated heterocycles. The molecule has 1 rings (SSSR count). The molecule has 0 saturated carbocycles. The highest BCUT2D eigenvalue weighted by atomic mass is 35.5. The number of rotatable bonds is 7. The second kappa shape index (κ2) is 7.91. The predicted octanol–water partition coefficient (Wildman–Crippen LogP) is 5.19. The Kier molecular flexibility index (Phi) is 6.53. The first-order valence-electron chi connectivity index (χ1n) is 6.73. The Labute approximate surface area is 125 Å². The Balaban J connectivity index is 2.49. The molecule has 0 fully saturated rings. The molecule has 0 aliphatic heterocycles. The largest absolute Gasteiger partial charge is 0.481 e. The third-order valence-corrected chi connectivity index (χ3v) is 3.14. The first-order chi connectivity index (χ1) is 9.39. The zero-order valence-electron chi connectivity index (χ0n) is 12.0. The number of halogens is 1. The maximum absolute atomic E-state index is 10.4. The predicted molar refractivity (Wildman–Crippen MR) is 84.9 cm³/mol. The molecule has 0 atom stereocenters. The van der Waals surface area contributed by atoms with Crippen LogP contribution in [-0.2, 0) is 4.79 Å². The summed E-state index contributed by atoms with van der Waals surface area (Å²) in [6.45, 7) is 4.24. The molecule has 0 radical (unpaired) electrons. The summed E-state index contributed by atoms with van der Waals surface area (Å²) in [5.41, 5.74) is 1.06. The van der Waals surface area contributed by atoms with Crippen molar-refractivity contribution in [3.05, 3.63) is 53.1 Å². The van der Waals surface area contributed by atoms with Gasteiger partial charge in [-0.25, -0.2) is 0 Å². The highest BCUT2D eigenvalue weighted by Crippen LogP contribution is 2.22. The minimum absolute atomic E-state index is 0.0527. The van der Waals surface area contributed by atoms with Crippen LogP contribution in [0, 0.1) is 5.41 Å². The number of allylic oxidation sites excluding steroid dienone is 3. The molecule has 20 heavy (non-hydrogen) atoms. The maximum atomic E-state index is 10.4. The van der Waals surface area contributed by atoms with Gasteiger partial charge in [0.25, 0.3) is 0 Å². The molecular formula is C17H21ClO2. The van der Waals surface area contributed by atoms with E-state index in [1.807, 2.05) is 24.3 Å². The van der Waals surface area contributed by atoms with Gasteiger partial charge in [-0.3, -0.25) is 4.79 Å². The number of hydrogen-bond donors (Lipinski definition) is 1. The Morgan fingerprint density at radius 2 is 1.90 bits per heavy atom. The molecule has 0 bridgehead atoms. The van der Waals surface area contributed by atoms with E-state index in [1.165, 1.54) is 0 Å². The number of aliphatic carboxylic acids is 1. The molecule has 1 N–H and O–H groups in total. The molecule has 0 aromatic heterocycles. The van der Waals surface area contributed by atoms with Crippen molar-refractivity contribution in [1.82, 2.24) is 0 Å². The van der Waals surface area contributed by atoms with Gasteiger partial charge in [-0.1, -0.05) is 61.9 Å². The van der Waals surface area contributed by atoms with Gasteiger partial charge in [-0.15, -0.1) is 0 Å². The van der Waals surface area contributed by atoms with Gasteiger partial charge in [0.15, 0.2) is 0 Å². The summed E-state index contributed by atoms with van der Waals surface area (Å²) in [5, 5.41) is 9.29. The average molecular weight is 293 g/mol. The van der Waals surface area contributed by atoms with E-state index in [0.29, 0.717) is 6.42 Å². The van der Waals surface area contributed by atoms with Crippen molar-refractivity contribution in [2.45, 2.75) is 33.1 Å². The zero-order chi connectivity index (χ0) is 15.0. The summed E-state index contributed by atoms with van der Waals surface area (Å²) in [7, 11) is 0. The fourth-order valence-electron chi connectivity index (χ4n) is 1.70. The number of hydrogen-bond acceptors (Lipinski definition) is 1. The normalized spacial score (nSPS) is 12.3. The van der Waals surface area contributed by atoms with Crippen molar-refractivity contribution in [2.24, 2.45) is 5.41 Å². The number of carbonyl (C=O) groups is 1. The van der Waals surface area contributed by atoms with Gasteiger partial charge < -0.3 is 5.11 Å². The van der Waals surface area contributed by atoms with Crippen molar-refractivity contribution in [1.29, 1.82) is 0 Å². The molecule has 2 nitrogen and oxygen atoms in total. The van der Waals surface area contributed by atoms with Crippen LogP contribution in [0.5, 0.6) is 0 Å². The summed E-state index contributed by atoms with van der Waals surface area (Å²) < 4.78 is 0. The standard InChI is InChI=1S/C17H21ClO2/c1-17(2,12-5-3-4-6-16(19)20)13-11-14-7-9-15(18)10-8-14/h5,7-13H,3-4,6H2,1-2H3,(H,19,20)/b12-5+,13-11?. The van der Waals surface area contributed by atoms with Gasteiger partial charge in [0.05, 0.1) is 0 Å². The van der Waals surface area contributed by atoms with Crippen LogP contribution in [0.25, 0.3) is 6.08 Å². The van der Waals surface area contributed by atoms with E-state index in [4.69, 9.17) is 16.7 Å². The molecular weight excluding hydrogens is 272 g/mol. The van der Waals surface area contributed by atoms with E-state index in [9.17, 15) is 4.79 Å². The van der Waals surface area contributed by atoms with Crippen LogP contribution in [0.2, 0.25) is 5.02 Å². The fraction of sp³-hybridized carbons (Fsp3) is 0.353. The molecule has 0 heterocycles. The second-order valence-electron chi connectivity index (χ2n) is 5.39. The topological polar surface area (TPSA) is 37.3 Å². The van der Waals surface area contributed by atoms with Crippen molar-refractivity contribution in [3.8, 4) is 0 Å². The summed E-state index contributed by atoms with van der Waals surface area (Å²) in [6, 6.07) is 7.70. The fourth-order valence-corrected chi connectivity index (χ4v) is 1.82. The van der Waals surface area contributed by atoms with Gasteiger partial charge in [0.1, 0.15) is 0 Å². The molecule has 1 aromatic carbocycles. The molecule has 0 unspecified atom stereocenters. The third-order valence-electron chi connectivity index (χ3n) is 2.88. The smallest absolute Gasteiger partial charge is 0.303 e. The minimum Gasteiger partial charge on any atom is -0.481 e. The van der Waals surface area contributed by atoms with E-state index in [1.54, 1.807) is 0 Å². The SMILES string of the molecule is CC(C)(C=Cc1ccc(Cl)cc1)/C=C/CCCC(=O)O. The third kappa shape index (κ3) is 7.15. The molecule has 3 heteroatoms. The Hall–Kier alpha value is -1.54. The lowest BCUT2D eigenvalue weighted by Gasteiger charge is -2.14. The van der Waals surface area contributed by atoms with Gasteiger partial charge in [-0.05, 0) is 30.5 Å². The van der Waals surface area contributed by atoms with Crippen molar-refractivity contribution in [3.63, 3.8) is 0 Å². The Morgan fingerprint density at radius 1 is 1.25 bits per heavy atom. The molecule has 0 aliphatic carbocycles. The molecule has 0 amide bonds. The van der Waals surface area contributed by atoms with Crippen LogP contribution < -0.4 is 0 Å². The van der Waals surface area contributed by atoms with Crippen LogP contribution in [0.3, 0.4) is 0 Å². The van der Waals surface area contributed by atoms with Gasteiger partial charge in [0, 0.05) is 16.9 Å². The van der Waals surface area contributed by atoms with Crippen LogP contribution in [0.15, 0.2) is 42.5 Å². The molecule has 0 spiro atoms. The highest BCUT2D eigenvalue weighted by molar-refractivity contribution is 6.30. The van der Waals surface area contributed by atoms with Crippen LogP contribution in [0.1, 0.15) is 38.7 Å². The highest BCUT2D eigenvalue weighted by Gasteiger charge is 2.08. The van der Waals surface area contributed by atoms with Crippen LogP contribution in [0.4, 0.5) is 0 Å². The van der Waals surface area contributed by atoms with E-state index >= 15 is 0 Å². The van der Waals surface area contributed by atoms with E-state index in [-0.39, 0.29) is 11.8 Å². The first kappa shape index (κ1) is 16.5. The number of carboxylic acid groups (broad SMARTS) is 1. The van der Waals surface area contributed by atoms with E-state index in [0.717, 1.165) is 17.0 Å². The van der Waals surface area contributed by atoms with Crippen molar-refractivity contribution >= 4 is 23.6 Å². The van der Waals surface area contributed by atoms with Crippen molar-refractivity contribution < 1.29 is 9.90 Å². The quantitative estimate of drug-likeness (QED) is 0.554. The van der Waals surface area contributed by atoms with Gasteiger partial charge in [0.2, 0.25) is 0 Å². The summed E-state index contributed by atoms with van der Waals surface area (Å²) in [6.07, 6.45) is 10.1. The lowest BCUT2D eigenvalue weighted by Crippen LogP contribution is -2.01. The number of unbranched alkanes of at least 4 members (excludes halogenated alkanes) is 1. The van der Waals surface area contributed by atoms with Gasteiger partial charge in [-0.2, -0.15) is 0 Å². The minimum atomic E-state index is -0.736. The maximum Gasteiger partial charge on any atom is 0.303 e. The molecule has 0 aliphatic rings. The van der Waals surface area contributed by atoms with Gasteiger partial charge >= 0.3 is 5.97 Å². The zero-order valence-corrected chi connectivity index (χ0v) is 12.7. The number of benzene rings is 1. The molecule has 1 aromatic rings. The van der Waals surface area contributed by atoms with Crippen LogP contribution >= 0.6 is 11.6 Å². The monoisotopic (exact) mass is 292 g/mol. The Morgan fingerprint density at radius 3 is 2.50 bits per heavy atom. The van der Waals surface area contributed by atoms with E-state index in [2.05, 4.69) is 38.2 Å². The average Bonchev–Trinajstić information content (AvgIpc) is 2.37. The van der Waals surface area contributed by atoms with E-state index < -0.39 is 5.97 Å². The second-order valence-corrected chi connectivity index (χ2v) is 5.83. The Bertz CT molecular complexity index is 484. The number of carboxylic acids is 1. The first-order valence-corrected chi connectivity index (χ1v) is 7.11.